The molecule has 0 spiro atoms. The Morgan fingerprint density at radius 2 is 1.46 bits per heavy atom. The van der Waals surface area contributed by atoms with Crippen LogP contribution in [0.4, 0.5) is 0 Å². The lowest BCUT2D eigenvalue weighted by atomic mass is 10.00. The second-order valence-corrected chi connectivity index (χ2v) is 14.2. The molecule has 0 bridgehead atoms. The predicted molar refractivity (Wildman–Crippen MR) is 122 cm³/mol. The highest BCUT2D eigenvalue weighted by Crippen LogP contribution is 2.43. The van der Waals surface area contributed by atoms with Gasteiger partial charge in [0.05, 0.1) is 25.4 Å². The lowest BCUT2D eigenvalue weighted by Crippen LogP contribution is -2.54. The molecule has 3 nitrogen and oxygen atoms in total. The molecular formula is C24H42O3Si. The molecule has 1 rings (SSSR count). The van der Waals surface area contributed by atoms with Gasteiger partial charge in [-0.1, -0.05) is 84.9 Å². The van der Waals surface area contributed by atoms with Crippen molar-refractivity contribution in [2.75, 3.05) is 13.7 Å². The molecule has 0 aliphatic heterocycles. The quantitative estimate of drug-likeness (QED) is 0.273. The van der Waals surface area contributed by atoms with Crippen LogP contribution >= 0.6 is 0 Å². The SMILES string of the molecule is C=C[C@@H](C)[C@H](OCc1ccccc1)[C@H](COC)O[Si](C(C)C)(C(C)C)C(C)C. The summed E-state index contributed by atoms with van der Waals surface area (Å²) in [6, 6.07) is 10.3. The van der Waals surface area contributed by atoms with Gasteiger partial charge >= 0.3 is 0 Å². The van der Waals surface area contributed by atoms with Crippen LogP contribution in [0.2, 0.25) is 16.6 Å². The number of methoxy groups -OCH3 is 1. The summed E-state index contributed by atoms with van der Waals surface area (Å²) in [6.07, 6.45) is 1.76. The first-order valence-electron chi connectivity index (χ1n) is 10.6. The van der Waals surface area contributed by atoms with Crippen molar-refractivity contribution in [1.82, 2.24) is 0 Å². The number of hydrogen-bond acceptors (Lipinski definition) is 3. The van der Waals surface area contributed by atoms with Gasteiger partial charge in [-0.15, -0.1) is 6.58 Å². The Bertz CT molecular complexity index is 534. The van der Waals surface area contributed by atoms with Gasteiger partial charge in [-0.05, 0) is 22.2 Å². The molecule has 1 aromatic carbocycles. The van der Waals surface area contributed by atoms with E-state index in [1.165, 1.54) is 5.56 Å². The summed E-state index contributed by atoms with van der Waals surface area (Å²) < 4.78 is 19.1. The average molecular weight is 407 g/mol. The van der Waals surface area contributed by atoms with Gasteiger partial charge in [0.25, 0.3) is 0 Å². The van der Waals surface area contributed by atoms with E-state index < -0.39 is 8.32 Å². The largest absolute Gasteiger partial charge is 0.408 e. The molecular weight excluding hydrogens is 364 g/mol. The first kappa shape index (κ1) is 25.1. The maximum absolute atomic E-state index is 7.08. The fourth-order valence-electron chi connectivity index (χ4n) is 4.53. The number of hydrogen-bond donors (Lipinski definition) is 0. The lowest BCUT2D eigenvalue weighted by Gasteiger charge is -2.46. The topological polar surface area (TPSA) is 27.7 Å². The van der Waals surface area contributed by atoms with Crippen molar-refractivity contribution in [3.63, 3.8) is 0 Å². The Labute approximate surface area is 174 Å². The highest BCUT2D eigenvalue weighted by molar-refractivity contribution is 6.77. The highest BCUT2D eigenvalue weighted by atomic mass is 28.4. The summed E-state index contributed by atoms with van der Waals surface area (Å²) in [7, 11) is -0.309. The van der Waals surface area contributed by atoms with E-state index in [2.05, 4.69) is 67.2 Å². The van der Waals surface area contributed by atoms with Gasteiger partial charge in [-0.3, -0.25) is 0 Å². The Kier molecular flexibility index (Phi) is 10.7. The van der Waals surface area contributed by atoms with Crippen LogP contribution in [0.3, 0.4) is 0 Å². The van der Waals surface area contributed by atoms with Gasteiger partial charge < -0.3 is 13.9 Å². The van der Waals surface area contributed by atoms with E-state index in [0.717, 1.165) is 0 Å². The van der Waals surface area contributed by atoms with Crippen molar-refractivity contribution >= 4 is 8.32 Å². The van der Waals surface area contributed by atoms with Gasteiger partial charge in [0, 0.05) is 13.0 Å². The van der Waals surface area contributed by atoms with Gasteiger partial charge in [0.2, 0.25) is 8.32 Å². The second kappa shape index (κ2) is 11.9. The summed E-state index contributed by atoms with van der Waals surface area (Å²) in [5, 5.41) is 0. The minimum atomic E-state index is -2.05. The van der Waals surface area contributed by atoms with Gasteiger partial charge in [-0.2, -0.15) is 0 Å². The molecule has 28 heavy (non-hydrogen) atoms. The fraction of sp³-hybridized carbons (Fsp3) is 0.667. The minimum absolute atomic E-state index is 0.0965. The van der Waals surface area contributed by atoms with Gasteiger partial charge in [0.15, 0.2) is 0 Å². The van der Waals surface area contributed by atoms with Crippen LogP contribution in [0.5, 0.6) is 0 Å². The van der Waals surface area contributed by atoms with Crippen LogP contribution in [-0.2, 0) is 20.5 Å². The van der Waals surface area contributed by atoms with Crippen LogP contribution in [0.15, 0.2) is 43.0 Å². The van der Waals surface area contributed by atoms with Crippen molar-refractivity contribution in [3.8, 4) is 0 Å². The van der Waals surface area contributed by atoms with Crippen LogP contribution in [-0.4, -0.2) is 34.2 Å². The van der Waals surface area contributed by atoms with E-state index in [-0.39, 0.29) is 18.1 Å². The van der Waals surface area contributed by atoms with Crippen molar-refractivity contribution in [3.05, 3.63) is 48.6 Å². The molecule has 0 aromatic heterocycles. The zero-order valence-corrected chi connectivity index (χ0v) is 20.3. The fourth-order valence-corrected chi connectivity index (χ4v) is 10.1. The molecule has 0 fully saturated rings. The first-order valence-corrected chi connectivity index (χ1v) is 12.8. The van der Waals surface area contributed by atoms with E-state index in [1.54, 1.807) is 7.11 Å². The molecule has 0 radical (unpaired) electrons. The Hall–Kier alpha value is -0.943. The van der Waals surface area contributed by atoms with E-state index >= 15 is 0 Å². The average Bonchev–Trinajstić information content (AvgIpc) is 2.65. The molecule has 0 saturated heterocycles. The molecule has 0 amide bonds. The summed E-state index contributed by atoms with van der Waals surface area (Å²) >= 11 is 0. The van der Waals surface area contributed by atoms with Crippen LogP contribution in [0.1, 0.15) is 54.0 Å². The summed E-state index contributed by atoms with van der Waals surface area (Å²) in [5.74, 6) is 0.169. The van der Waals surface area contributed by atoms with E-state index in [0.29, 0.717) is 29.8 Å². The molecule has 4 heteroatoms. The van der Waals surface area contributed by atoms with Gasteiger partial charge in [0.1, 0.15) is 0 Å². The maximum atomic E-state index is 7.08. The lowest BCUT2D eigenvalue weighted by molar-refractivity contribution is -0.0816. The Morgan fingerprint density at radius 3 is 1.89 bits per heavy atom. The first-order chi connectivity index (χ1) is 13.2. The normalized spacial score (nSPS) is 15.8. The van der Waals surface area contributed by atoms with Crippen LogP contribution in [0.25, 0.3) is 0 Å². The van der Waals surface area contributed by atoms with Crippen molar-refractivity contribution in [2.24, 2.45) is 5.92 Å². The molecule has 0 aliphatic carbocycles. The zero-order valence-electron chi connectivity index (χ0n) is 19.3. The zero-order chi connectivity index (χ0) is 21.3. The minimum Gasteiger partial charge on any atom is -0.408 e. The second-order valence-electron chi connectivity index (χ2n) is 8.79. The molecule has 1 aromatic rings. The standard InChI is InChI=1S/C24H42O3Si/c1-10-21(8)24(26-16-22-14-12-11-13-15-22)23(17-25-9)27-28(18(2)3,19(4)5)20(6)7/h10-15,18-21,23-24H,1,16-17H2,2-9H3/t21-,23+,24+/m1/s1. The van der Waals surface area contributed by atoms with Crippen molar-refractivity contribution < 1.29 is 13.9 Å². The van der Waals surface area contributed by atoms with Crippen LogP contribution in [0, 0.1) is 5.92 Å². The molecule has 0 aliphatic rings. The molecule has 160 valence electrons. The van der Waals surface area contributed by atoms with Crippen molar-refractivity contribution in [1.29, 1.82) is 0 Å². The Balaban J connectivity index is 3.16. The smallest absolute Gasteiger partial charge is 0.201 e. The van der Waals surface area contributed by atoms with E-state index in [4.69, 9.17) is 13.9 Å². The third-order valence-electron chi connectivity index (χ3n) is 5.94. The molecule has 0 heterocycles. The summed E-state index contributed by atoms with van der Waals surface area (Å²) in [4.78, 5) is 0. The summed E-state index contributed by atoms with van der Waals surface area (Å²) in [6.45, 7) is 21.1. The monoisotopic (exact) mass is 406 g/mol. The van der Waals surface area contributed by atoms with E-state index in [1.807, 2.05) is 24.3 Å². The van der Waals surface area contributed by atoms with Crippen LogP contribution < -0.4 is 0 Å². The predicted octanol–water partition coefficient (Wildman–Crippen LogP) is 6.60. The highest BCUT2D eigenvalue weighted by Gasteiger charge is 2.48. The van der Waals surface area contributed by atoms with Crippen molar-refractivity contribution in [2.45, 2.75) is 83.9 Å². The molecule has 0 N–H and O–H groups in total. The Morgan fingerprint density at radius 1 is 0.929 bits per heavy atom. The summed E-state index contributed by atoms with van der Waals surface area (Å²) in [5.41, 5.74) is 2.71. The molecule has 3 atom stereocenters. The molecule has 0 unspecified atom stereocenters. The number of rotatable bonds is 13. The number of benzene rings is 1. The molecule has 0 saturated carbocycles. The maximum Gasteiger partial charge on any atom is 0.201 e. The third kappa shape index (κ3) is 6.28. The number of ether oxygens (including phenoxy) is 2. The van der Waals surface area contributed by atoms with Gasteiger partial charge in [-0.25, -0.2) is 0 Å². The third-order valence-corrected chi connectivity index (χ3v) is 12.1. The van der Waals surface area contributed by atoms with E-state index in [9.17, 15) is 0 Å².